The molecule has 2 saturated heterocycles. The van der Waals surface area contributed by atoms with Gasteiger partial charge in [-0.3, -0.25) is 9.36 Å². The van der Waals surface area contributed by atoms with Crippen LogP contribution in [-0.4, -0.2) is 84.1 Å². The molecule has 2 unspecified atom stereocenters. The molecule has 4 heterocycles. The van der Waals surface area contributed by atoms with E-state index in [4.69, 9.17) is 26.8 Å². The predicted molar refractivity (Wildman–Crippen MR) is 147 cm³/mol. The molecular formula is C27H32ClN7O6. The minimum atomic E-state index is -1.40. The molecule has 2 aromatic heterocycles. The summed E-state index contributed by atoms with van der Waals surface area (Å²) in [5.41, 5.74) is 6.89. The fraction of sp³-hybridized carbons (Fsp3) is 0.519. The third-order valence-electron chi connectivity index (χ3n) is 7.86. The molecule has 3 aliphatic rings. The van der Waals surface area contributed by atoms with E-state index in [1.807, 2.05) is 0 Å². The summed E-state index contributed by atoms with van der Waals surface area (Å²) >= 11 is 5.89. The number of imidazole rings is 1. The molecule has 1 aliphatic carbocycles. The number of nitrogens with zero attached hydrogens (tertiary/aromatic N) is 5. The Labute approximate surface area is 240 Å². The molecule has 41 heavy (non-hydrogen) atoms. The quantitative estimate of drug-likeness (QED) is 0.319. The number of aliphatic hydroxyl groups excluding tert-OH is 2. The van der Waals surface area contributed by atoms with Crippen LogP contribution in [0.15, 0.2) is 30.6 Å². The van der Waals surface area contributed by atoms with E-state index in [2.05, 4.69) is 20.3 Å². The summed E-state index contributed by atoms with van der Waals surface area (Å²) in [6.45, 7) is 1.17. The average molecular weight is 586 g/mol. The molecular weight excluding hydrogens is 554 g/mol. The average Bonchev–Trinajstić information content (AvgIpc) is 3.60. The minimum absolute atomic E-state index is 0.0917. The normalized spacial score (nSPS) is 25.0. The summed E-state index contributed by atoms with van der Waals surface area (Å²) in [6.07, 6.45) is 0.759. The van der Waals surface area contributed by atoms with Crippen LogP contribution in [-0.2, 0) is 16.0 Å². The standard InChI is InChI=1S/C27H32ClN7O6/c28-15-2-6-17(7-3-15)40-27(39)34-11-9-14(10-12-34)1-8-18-32-23(29)19-24(33-18)35(13-30-19)26-21(37)20(36)22(41-26)25(38)31-16-4-5-16/h2-3,6-7,13-14,16,20-22,26,36-37H,1,4-5,8-12H2,(H,31,38)(H2,29,32,33)/t20?,21?,22-,26+/m0/s1. The number of anilines is 1. The molecule has 3 fully saturated rings. The van der Waals surface area contributed by atoms with Gasteiger partial charge in [0.1, 0.15) is 29.3 Å². The fourth-order valence-electron chi connectivity index (χ4n) is 5.31. The number of amides is 2. The third-order valence-corrected chi connectivity index (χ3v) is 8.11. The highest BCUT2D eigenvalue weighted by Gasteiger charge is 2.48. The summed E-state index contributed by atoms with van der Waals surface area (Å²) in [5.74, 6) is 1.07. The second kappa shape index (κ2) is 11.4. The Bertz CT molecular complexity index is 1420. The number of piperidine rings is 1. The lowest BCUT2D eigenvalue weighted by Crippen LogP contribution is -2.43. The summed E-state index contributed by atoms with van der Waals surface area (Å²) in [6, 6.07) is 6.76. The van der Waals surface area contributed by atoms with Crippen molar-refractivity contribution in [1.82, 2.24) is 29.7 Å². The first-order chi connectivity index (χ1) is 19.8. The number of nitrogens with two attached hydrogens (primary N) is 1. The molecule has 3 aromatic rings. The van der Waals surface area contributed by atoms with E-state index in [0.717, 1.165) is 32.1 Å². The molecule has 2 amide bonds. The number of hydrogen-bond acceptors (Lipinski definition) is 10. The van der Waals surface area contributed by atoms with E-state index < -0.39 is 30.4 Å². The smallest absolute Gasteiger partial charge is 0.410 e. The number of carbonyl (C=O) groups excluding carboxylic acids is 2. The molecule has 0 radical (unpaired) electrons. The lowest BCUT2D eigenvalue weighted by Gasteiger charge is -2.31. The van der Waals surface area contributed by atoms with E-state index >= 15 is 0 Å². The highest BCUT2D eigenvalue weighted by Crippen LogP contribution is 2.33. The first-order valence-electron chi connectivity index (χ1n) is 13.8. The molecule has 6 rings (SSSR count). The molecule has 14 heteroatoms. The van der Waals surface area contributed by atoms with Gasteiger partial charge in [0, 0.05) is 30.6 Å². The second-order valence-corrected chi connectivity index (χ2v) is 11.3. The second-order valence-electron chi connectivity index (χ2n) is 10.9. The van der Waals surface area contributed by atoms with Crippen molar-refractivity contribution < 1.29 is 29.3 Å². The van der Waals surface area contributed by atoms with Gasteiger partial charge in [0.25, 0.3) is 5.91 Å². The molecule has 0 spiro atoms. The highest BCUT2D eigenvalue weighted by atomic mass is 35.5. The van der Waals surface area contributed by atoms with Crippen LogP contribution in [0.25, 0.3) is 11.2 Å². The number of rotatable bonds is 7. The van der Waals surface area contributed by atoms with E-state index in [-0.39, 0.29) is 18.0 Å². The van der Waals surface area contributed by atoms with Gasteiger partial charge in [-0.15, -0.1) is 0 Å². The van der Waals surface area contributed by atoms with Crippen molar-refractivity contribution in [3.63, 3.8) is 0 Å². The maximum atomic E-state index is 12.5. The number of carbonyl (C=O) groups is 2. The number of hydrogen-bond donors (Lipinski definition) is 4. The molecule has 218 valence electrons. The van der Waals surface area contributed by atoms with Crippen LogP contribution in [0.4, 0.5) is 10.6 Å². The summed E-state index contributed by atoms with van der Waals surface area (Å²) in [7, 11) is 0. The van der Waals surface area contributed by atoms with Crippen LogP contribution in [0.5, 0.6) is 5.75 Å². The number of benzene rings is 1. The van der Waals surface area contributed by atoms with Gasteiger partial charge < -0.3 is 35.6 Å². The van der Waals surface area contributed by atoms with Gasteiger partial charge in [-0.25, -0.2) is 19.7 Å². The Hall–Kier alpha value is -3.52. The third kappa shape index (κ3) is 5.94. The van der Waals surface area contributed by atoms with Crippen molar-refractivity contribution in [3.05, 3.63) is 41.4 Å². The predicted octanol–water partition coefficient (Wildman–Crippen LogP) is 1.80. The van der Waals surface area contributed by atoms with Crippen molar-refractivity contribution in [2.24, 2.45) is 5.92 Å². The summed E-state index contributed by atoms with van der Waals surface area (Å²) in [4.78, 5) is 40.1. The maximum Gasteiger partial charge on any atom is 0.415 e. The van der Waals surface area contributed by atoms with Crippen LogP contribution in [0.2, 0.25) is 5.02 Å². The Morgan fingerprint density at radius 3 is 2.54 bits per heavy atom. The van der Waals surface area contributed by atoms with Crippen LogP contribution >= 0.6 is 11.6 Å². The van der Waals surface area contributed by atoms with Gasteiger partial charge in [0.15, 0.2) is 23.8 Å². The Morgan fingerprint density at radius 2 is 1.83 bits per heavy atom. The number of aromatic nitrogens is 4. The Kier molecular flexibility index (Phi) is 7.68. The van der Waals surface area contributed by atoms with Crippen LogP contribution in [0.1, 0.15) is 44.2 Å². The topological polar surface area (TPSA) is 178 Å². The number of ether oxygens (including phenoxy) is 2. The molecule has 2 aliphatic heterocycles. The molecule has 4 atom stereocenters. The van der Waals surface area contributed by atoms with Gasteiger partial charge >= 0.3 is 6.09 Å². The number of aliphatic hydroxyl groups is 2. The van der Waals surface area contributed by atoms with E-state index in [0.29, 0.717) is 53.2 Å². The van der Waals surface area contributed by atoms with Gasteiger partial charge in [-0.05, 0) is 62.3 Å². The van der Waals surface area contributed by atoms with E-state index in [1.54, 1.807) is 29.2 Å². The van der Waals surface area contributed by atoms with E-state index in [9.17, 15) is 19.8 Å². The number of nitrogen functional groups attached to an aromatic ring is 1. The van der Waals surface area contributed by atoms with Crippen molar-refractivity contribution >= 4 is 40.6 Å². The minimum Gasteiger partial charge on any atom is -0.410 e. The highest BCUT2D eigenvalue weighted by molar-refractivity contribution is 6.30. The SMILES string of the molecule is Nc1nc(CCC2CCN(C(=O)Oc3ccc(Cl)cc3)CC2)nc2c1ncn2[C@@H]1O[C@H](C(=O)NC2CC2)C(O)C1O. The molecule has 0 bridgehead atoms. The van der Waals surface area contributed by atoms with Gasteiger partial charge in [-0.2, -0.15) is 0 Å². The molecule has 1 saturated carbocycles. The number of aryl methyl sites for hydroxylation is 1. The van der Waals surface area contributed by atoms with Crippen molar-refractivity contribution in [2.75, 3.05) is 18.8 Å². The summed E-state index contributed by atoms with van der Waals surface area (Å²) < 4.78 is 12.7. The van der Waals surface area contributed by atoms with Gasteiger partial charge in [0.2, 0.25) is 0 Å². The zero-order chi connectivity index (χ0) is 28.7. The zero-order valence-electron chi connectivity index (χ0n) is 22.2. The number of fused-ring (bicyclic) bond motifs is 1. The number of nitrogens with one attached hydrogen (secondary N) is 1. The maximum absolute atomic E-state index is 12.5. The van der Waals surface area contributed by atoms with Crippen molar-refractivity contribution in [2.45, 2.75) is 69.1 Å². The lowest BCUT2D eigenvalue weighted by molar-refractivity contribution is -0.137. The van der Waals surface area contributed by atoms with Gasteiger partial charge in [-0.1, -0.05) is 11.6 Å². The largest absolute Gasteiger partial charge is 0.415 e. The van der Waals surface area contributed by atoms with Crippen molar-refractivity contribution in [1.29, 1.82) is 0 Å². The molecule has 5 N–H and O–H groups in total. The first-order valence-corrected chi connectivity index (χ1v) is 14.2. The Morgan fingerprint density at radius 1 is 1.10 bits per heavy atom. The number of halogens is 1. The monoisotopic (exact) mass is 585 g/mol. The first kappa shape index (κ1) is 27.6. The lowest BCUT2D eigenvalue weighted by atomic mass is 9.92. The van der Waals surface area contributed by atoms with E-state index in [1.165, 1.54) is 10.9 Å². The fourth-order valence-corrected chi connectivity index (χ4v) is 5.43. The van der Waals surface area contributed by atoms with Crippen LogP contribution in [0, 0.1) is 5.92 Å². The van der Waals surface area contributed by atoms with Crippen molar-refractivity contribution in [3.8, 4) is 5.75 Å². The van der Waals surface area contributed by atoms with Gasteiger partial charge in [0.05, 0.1) is 6.33 Å². The van der Waals surface area contributed by atoms with Crippen LogP contribution < -0.4 is 15.8 Å². The van der Waals surface area contributed by atoms with Crippen LogP contribution in [0.3, 0.4) is 0 Å². The zero-order valence-corrected chi connectivity index (χ0v) is 23.0. The Balaban J connectivity index is 1.07. The molecule has 1 aromatic carbocycles. The number of likely N-dealkylation sites (tertiary alicyclic amines) is 1. The summed E-state index contributed by atoms with van der Waals surface area (Å²) in [5, 5.41) is 24.6. The molecule has 13 nitrogen and oxygen atoms in total.